The maximum absolute atomic E-state index is 11.1. The maximum atomic E-state index is 11.1. The Bertz CT molecular complexity index is 402. The Hall–Kier alpha value is -2.08. The summed E-state index contributed by atoms with van der Waals surface area (Å²) < 4.78 is 4.73. The molecule has 0 radical (unpaired) electrons. The highest BCUT2D eigenvalue weighted by atomic mass is 16.5. The molecule has 3 heteroatoms. The molecule has 1 aromatic rings. The fourth-order valence-electron chi connectivity index (χ4n) is 1.10. The average Bonchev–Trinajstić information content (AvgIpc) is 2.39. The standard InChI is InChI=1S/C12H11NO2.C2H6/c1-2-15-12(14)8-11(9-13)10-6-4-3-5-7-10;1-2/h3-8H,2H2,1H3;1-2H3. The van der Waals surface area contributed by atoms with Crippen LogP contribution in [0.4, 0.5) is 0 Å². The van der Waals surface area contributed by atoms with Crippen LogP contribution in [0.1, 0.15) is 26.3 Å². The summed E-state index contributed by atoms with van der Waals surface area (Å²) >= 11 is 0. The molecule has 0 heterocycles. The molecule has 0 unspecified atom stereocenters. The van der Waals surface area contributed by atoms with Gasteiger partial charge in [0, 0.05) is 6.08 Å². The molecule has 0 N–H and O–H groups in total. The van der Waals surface area contributed by atoms with Crippen LogP contribution in [0, 0.1) is 11.3 Å². The lowest BCUT2D eigenvalue weighted by Gasteiger charge is -1.98. The highest BCUT2D eigenvalue weighted by molar-refractivity contribution is 5.95. The molecule has 0 saturated heterocycles. The highest BCUT2D eigenvalue weighted by Crippen LogP contribution is 2.12. The van der Waals surface area contributed by atoms with Crippen molar-refractivity contribution in [3.8, 4) is 6.07 Å². The second kappa shape index (κ2) is 9.17. The van der Waals surface area contributed by atoms with Crippen LogP contribution in [-0.4, -0.2) is 12.6 Å². The van der Waals surface area contributed by atoms with E-state index in [-0.39, 0.29) is 0 Å². The summed E-state index contributed by atoms with van der Waals surface area (Å²) in [6.45, 7) is 6.03. The second-order valence-electron chi connectivity index (χ2n) is 2.79. The third-order valence-electron chi connectivity index (χ3n) is 1.75. The summed E-state index contributed by atoms with van der Waals surface area (Å²) in [5.41, 5.74) is 1.03. The van der Waals surface area contributed by atoms with E-state index in [2.05, 4.69) is 0 Å². The Kier molecular flexibility index (Phi) is 8.05. The lowest BCUT2D eigenvalue weighted by Crippen LogP contribution is -2.00. The van der Waals surface area contributed by atoms with Crippen LogP contribution < -0.4 is 0 Å². The normalized spacial score (nSPS) is 9.65. The number of nitriles is 1. The van der Waals surface area contributed by atoms with E-state index in [1.807, 2.05) is 38.1 Å². The van der Waals surface area contributed by atoms with Crippen LogP contribution in [0.5, 0.6) is 0 Å². The van der Waals surface area contributed by atoms with Crippen molar-refractivity contribution in [1.82, 2.24) is 0 Å². The van der Waals surface area contributed by atoms with Crippen LogP contribution in [0.3, 0.4) is 0 Å². The fourth-order valence-corrected chi connectivity index (χ4v) is 1.10. The van der Waals surface area contributed by atoms with E-state index in [4.69, 9.17) is 10.00 Å². The van der Waals surface area contributed by atoms with Gasteiger partial charge in [0.25, 0.3) is 0 Å². The quantitative estimate of drug-likeness (QED) is 0.456. The zero-order valence-corrected chi connectivity index (χ0v) is 10.4. The first-order valence-electron chi connectivity index (χ1n) is 5.62. The van der Waals surface area contributed by atoms with Crippen LogP contribution in [0.15, 0.2) is 36.4 Å². The minimum absolute atomic E-state index is 0.308. The van der Waals surface area contributed by atoms with Crippen molar-refractivity contribution in [3.05, 3.63) is 42.0 Å². The number of ether oxygens (including phenoxy) is 1. The Balaban J connectivity index is 0.00000121. The molecule has 0 fully saturated rings. The molecular weight excluding hydrogens is 214 g/mol. The molecule has 0 bridgehead atoms. The minimum Gasteiger partial charge on any atom is -0.463 e. The van der Waals surface area contributed by atoms with Crippen molar-refractivity contribution in [2.24, 2.45) is 0 Å². The molecule has 0 aromatic heterocycles. The molecule has 0 atom stereocenters. The summed E-state index contributed by atoms with van der Waals surface area (Å²) in [7, 11) is 0. The Morgan fingerprint density at radius 3 is 2.41 bits per heavy atom. The first kappa shape index (κ1) is 14.9. The Morgan fingerprint density at radius 2 is 1.94 bits per heavy atom. The topological polar surface area (TPSA) is 50.1 Å². The Labute approximate surface area is 102 Å². The average molecular weight is 231 g/mol. The molecule has 90 valence electrons. The first-order valence-corrected chi connectivity index (χ1v) is 5.62. The van der Waals surface area contributed by atoms with Crippen molar-refractivity contribution < 1.29 is 9.53 Å². The van der Waals surface area contributed by atoms with E-state index in [1.54, 1.807) is 19.1 Å². The fraction of sp³-hybridized carbons (Fsp3) is 0.286. The van der Waals surface area contributed by atoms with Crippen molar-refractivity contribution in [2.45, 2.75) is 20.8 Å². The molecule has 0 amide bonds. The van der Waals surface area contributed by atoms with Gasteiger partial charge in [-0.15, -0.1) is 0 Å². The summed E-state index contributed by atoms with van der Waals surface area (Å²) in [4.78, 5) is 11.1. The zero-order chi connectivity index (χ0) is 13.1. The van der Waals surface area contributed by atoms with Crippen LogP contribution in [0.25, 0.3) is 5.57 Å². The van der Waals surface area contributed by atoms with Crippen molar-refractivity contribution in [2.75, 3.05) is 6.61 Å². The number of allylic oxidation sites excluding steroid dienone is 1. The van der Waals surface area contributed by atoms with Gasteiger partial charge in [-0.05, 0) is 12.5 Å². The van der Waals surface area contributed by atoms with Gasteiger partial charge in [0.2, 0.25) is 0 Å². The van der Waals surface area contributed by atoms with Gasteiger partial charge in [0.15, 0.2) is 0 Å². The van der Waals surface area contributed by atoms with Gasteiger partial charge in [0.1, 0.15) is 6.07 Å². The number of nitrogens with zero attached hydrogens (tertiary/aromatic N) is 1. The number of carbonyl (C=O) groups excluding carboxylic acids is 1. The van der Waals surface area contributed by atoms with E-state index >= 15 is 0 Å². The summed E-state index contributed by atoms with van der Waals surface area (Å²) in [6, 6.07) is 11.0. The van der Waals surface area contributed by atoms with Gasteiger partial charge in [-0.25, -0.2) is 4.79 Å². The molecule has 0 spiro atoms. The number of hydrogen-bond donors (Lipinski definition) is 0. The minimum atomic E-state index is -0.488. The molecule has 0 aliphatic heterocycles. The third kappa shape index (κ3) is 5.53. The van der Waals surface area contributed by atoms with Gasteiger partial charge in [-0.2, -0.15) is 5.26 Å². The predicted molar refractivity (Wildman–Crippen MR) is 68.0 cm³/mol. The number of esters is 1. The van der Waals surface area contributed by atoms with Crippen molar-refractivity contribution in [1.29, 1.82) is 5.26 Å². The van der Waals surface area contributed by atoms with E-state index < -0.39 is 5.97 Å². The predicted octanol–water partition coefficient (Wildman–Crippen LogP) is 3.18. The number of carbonyl (C=O) groups is 1. The van der Waals surface area contributed by atoms with E-state index in [9.17, 15) is 4.79 Å². The molecule has 0 aliphatic rings. The summed E-state index contributed by atoms with van der Waals surface area (Å²) in [5, 5.41) is 8.87. The van der Waals surface area contributed by atoms with Crippen LogP contribution in [-0.2, 0) is 9.53 Å². The van der Waals surface area contributed by atoms with E-state index in [0.29, 0.717) is 17.7 Å². The molecular formula is C14H17NO2. The maximum Gasteiger partial charge on any atom is 0.332 e. The van der Waals surface area contributed by atoms with Gasteiger partial charge >= 0.3 is 5.97 Å². The smallest absolute Gasteiger partial charge is 0.332 e. The zero-order valence-electron chi connectivity index (χ0n) is 10.4. The summed E-state index contributed by atoms with van der Waals surface area (Å²) in [5.74, 6) is -0.488. The van der Waals surface area contributed by atoms with Crippen molar-refractivity contribution in [3.63, 3.8) is 0 Å². The molecule has 0 aliphatic carbocycles. The molecule has 17 heavy (non-hydrogen) atoms. The lowest BCUT2D eigenvalue weighted by atomic mass is 10.1. The third-order valence-corrected chi connectivity index (χ3v) is 1.75. The van der Waals surface area contributed by atoms with Crippen molar-refractivity contribution >= 4 is 11.5 Å². The second-order valence-corrected chi connectivity index (χ2v) is 2.79. The molecule has 0 saturated carbocycles. The molecule has 3 nitrogen and oxygen atoms in total. The number of rotatable bonds is 3. The lowest BCUT2D eigenvalue weighted by molar-refractivity contribution is -0.137. The van der Waals surface area contributed by atoms with Gasteiger partial charge in [0.05, 0.1) is 12.2 Å². The monoisotopic (exact) mass is 231 g/mol. The largest absolute Gasteiger partial charge is 0.463 e. The first-order chi connectivity index (χ1) is 8.27. The summed E-state index contributed by atoms with van der Waals surface area (Å²) in [6.07, 6.45) is 1.21. The number of hydrogen-bond acceptors (Lipinski definition) is 3. The van der Waals surface area contributed by atoms with Crippen LogP contribution >= 0.6 is 0 Å². The molecule has 1 rings (SSSR count). The SMILES string of the molecule is CC.CCOC(=O)C=C(C#N)c1ccccc1. The Morgan fingerprint density at radius 1 is 1.35 bits per heavy atom. The van der Waals surface area contributed by atoms with E-state index in [1.165, 1.54) is 6.08 Å². The van der Waals surface area contributed by atoms with E-state index in [0.717, 1.165) is 0 Å². The highest BCUT2D eigenvalue weighted by Gasteiger charge is 2.03. The van der Waals surface area contributed by atoms with Gasteiger partial charge in [-0.1, -0.05) is 44.2 Å². The van der Waals surface area contributed by atoms with Gasteiger partial charge in [-0.3, -0.25) is 0 Å². The number of benzene rings is 1. The van der Waals surface area contributed by atoms with Crippen LogP contribution in [0.2, 0.25) is 0 Å². The molecule has 1 aromatic carbocycles. The van der Waals surface area contributed by atoms with Gasteiger partial charge < -0.3 is 4.74 Å².